The smallest absolute Gasteiger partial charge is 0.272 e. The van der Waals surface area contributed by atoms with Gasteiger partial charge in [0.2, 0.25) is 0 Å². The second-order valence-corrected chi connectivity index (χ2v) is 7.48. The van der Waals surface area contributed by atoms with E-state index in [1.807, 2.05) is 71.4 Å². The predicted octanol–water partition coefficient (Wildman–Crippen LogP) is 4.54. The summed E-state index contributed by atoms with van der Waals surface area (Å²) in [6.45, 7) is 0.940. The molecular formula is C23H18ClN5O. The Morgan fingerprint density at radius 2 is 1.87 bits per heavy atom. The highest BCUT2D eigenvalue weighted by Crippen LogP contribution is 2.21. The van der Waals surface area contributed by atoms with Crippen molar-refractivity contribution in [1.29, 1.82) is 0 Å². The van der Waals surface area contributed by atoms with Crippen LogP contribution in [0.15, 0.2) is 73.1 Å². The van der Waals surface area contributed by atoms with Gasteiger partial charge in [0.1, 0.15) is 0 Å². The Hall–Kier alpha value is -3.64. The van der Waals surface area contributed by atoms with Gasteiger partial charge in [0, 0.05) is 17.0 Å². The Labute approximate surface area is 177 Å². The Kier molecular flexibility index (Phi) is 4.69. The first-order chi connectivity index (χ1) is 14.7. The lowest BCUT2D eigenvalue weighted by atomic mass is 10.1. The minimum Gasteiger partial charge on any atom is -0.346 e. The highest BCUT2D eigenvalue weighted by molar-refractivity contribution is 6.30. The van der Waals surface area contributed by atoms with Crippen molar-refractivity contribution in [2.24, 2.45) is 0 Å². The summed E-state index contributed by atoms with van der Waals surface area (Å²) in [6, 6.07) is 21.2. The molecule has 5 rings (SSSR count). The number of nitrogens with zero attached hydrogens (tertiary/aromatic N) is 3. The van der Waals surface area contributed by atoms with E-state index in [1.54, 1.807) is 6.33 Å². The van der Waals surface area contributed by atoms with Crippen LogP contribution in [0.25, 0.3) is 21.9 Å². The molecule has 0 unspecified atom stereocenters. The third-order valence-corrected chi connectivity index (χ3v) is 5.35. The van der Waals surface area contributed by atoms with Gasteiger partial charge in [0.05, 0.1) is 29.4 Å². The molecule has 0 spiro atoms. The van der Waals surface area contributed by atoms with Crippen molar-refractivity contribution in [1.82, 2.24) is 25.1 Å². The lowest BCUT2D eigenvalue weighted by molar-refractivity contribution is 0.0947. The summed E-state index contributed by atoms with van der Waals surface area (Å²) in [5.41, 5.74) is 5.16. The van der Waals surface area contributed by atoms with E-state index in [9.17, 15) is 4.79 Å². The van der Waals surface area contributed by atoms with E-state index in [-0.39, 0.29) is 5.91 Å². The fraction of sp³-hybridized carbons (Fsp3) is 0.0870. The van der Waals surface area contributed by atoms with E-state index in [2.05, 4.69) is 20.4 Å². The number of hydrogen-bond donors (Lipinski definition) is 2. The van der Waals surface area contributed by atoms with Gasteiger partial charge in [-0.15, -0.1) is 0 Å². The monoisotopic (exact) mass is 415 g/mol. The highest BCUT2D eigenvalue weighted by atomic mass is 35.5. The van der Waals surface area contributed by atoms with Gasteiger partial charge in [-0.25, -0.2) is 4.98 Å². The zero-order valence-corrected chi connectivity index (χ0v) is 16.7. The van der Waals surface area contributed by atoms with E-state index < -0.39 is 0 Å². The molecule has 7 heteroatoms. The first-order valence-electron chi connectivity index (χ1n) is 9.58. The second kappa shape index (κ2) is 7.65. The van der Waals surface area contributed by atoms with E-state index in [0.29, 0.717) is 23.8 Å². The number of hydrogen-bond acceptors (Lipinski definition) is 3. The number of H-pyrrole nitrogens is 1. The zero-order valence-electron chi connectivity index (χ0n) is 16.0. The van der Waals surface area contributed by atoms with Crippen LogP contribution in [0.2, 0.25) is 5.02 Å². The third-order valence-electron chi connectivity index (χ3n) is 5.10. The molecule has 0 aliphatic rings. The molecule has 1 amide bonds. The average Bonchev–Trinajstić information content (AvgIpc) is 3.39. The number of amides is 1. The summed E-state index contributed by atoms with van der Waals surface area (Å²) in [5.74, 6) is -0.211. The number of rotatable bonds is 5. The second-order valence-electron chi connectivity index (χ2n) is 7.05. The molecule has 2 N–H and O–H groups in total. The number of benzene rings is 3. The van der Waals surface area contributed by atoms with Crippen LogP contribution in [0.3, 0.4) is 0 Å². The van der Waals surface area contributed by atoms with E-state index in [1.165, 1.54) is 0 Å². The highest BCUT2D eigenvalue weighted by Gasteiger charge is 2.17. The molecular weight excluding hydrogens is 398 g/mol. The molecule has 2 aromatic heterocycles. The van der Waals surface area contributed by atoms with Gasteiger partial charge in [0.25, 0.3) is 5.91 Å². The maximum atomic E-state index is 13.0. The number of para-hydroxylation sites is 2. The van der Waals surface area contributed by atoms with Gasteiger partial charge in [-0.3, -0.25) is 9.48 Å². The van der Waals surface area contributed by atoms with Crippen LogP contribution in [0, 0.1) is 0 Å². The SMILES string of the molecule is O=C(NCc1cccc2nc[nH]c12)c1nn(Cc2ccc(Cl)cc2)c2ccccc12. The predicted molar refractivity (Wildman–Crippen MR) is 118 cm³/mol. The van der Waals surface area contributed by atoms with Crippen molar-refractivity contribution >= 4 is 39.4 Å². The van der Waals surface area contributed by atoms with Gasteiger partial charge in [-0.2, -0.15) is 5.10 Å². The van der Waals surface area contributed by atoms with Crippen LogP contribution in [0.1, 0.15) is 21.6 Å². The van der Waals surface area contributed by atoms with E-state index in [0.717, 1.165) is 33.1 Å². The van der Waals surface area contributed by atoms with Crippen LogP contribution in [0.5, 0.6) is 0 Å². The number of carbonyl (C=O) groups excluding carboxylic acids is 1. The molecule has 2 heterocycles. The standard InChI is InChI=1S/C23H18ClN5O/c24-17-10-8-15(9-11-17)13-29-20-7-2-1-5-18(20)22(28-29)23(30)25-12-16-4-3-6-19-21(16)27-14-26-19/h1-11,14H,12-13H2,(H,25,30)(H,26,27). The molecule has 0 fully saturated rings. The van der Waals surface area contributed by atoms with Gasteiger partial charge in [0.15, 0.2) is 5.69 Å². The lowest BCUT2D eigenvalue weighted by Crippen LogP contribution is -2.24. The van der Waals surface area contributed by atoms with Crippen molar-refractivity contribution in [3.05, 3.63) is 94.9 Å². The molecule has 30 heavy (non-hydrogen) atoms. The molecule has 0 aliphatic carbocycles. The summed E-state index contributed by atoms with van der Waals surface area (Å²) in [4.78, 5) is 20.4. The van der Waals surface area contributed by atoms with Crippen LogP contribution in [0.4, 0.5) is 0 Å². The van der Waals surface area contributed by atoms with Crippen LogP contribution in [-0.2, 0) is 13.1 Å². The fourth-order valence-electron chi connectivity index (χ4n) is 3.61. The van der Waals surface area contributed by atoms with Gasteiger partial charge in [-0.05, 0) is 35.4 Å². The molecule has 5 aromatic rings. The summed E-state index contributed by atoms with van der Waals surface area (Å²) in [7, 11) is 0. The number of halogens is 1. The van der Waals surface area contributed by atoms with Crippen LogP contribution >= 0.6 is 11.6 Å². The fourth-order valence-corrected chi connectivity index (χ4v) is 3.74. The third kappa shape index (κ3) is 3.42. The maximum Gasteiger partial charge on any atom is 0.272 e. The number of carbonyl (C=O) groups is 1. The largest absolute Gasteiger partial charge is 0.346 e. The quantitative estimate of drug-likeness (QED) is 0.442. The lowest BCUT2D eigenvalue weighted by Gasteiger charge is -2.05. The molecule has 6 nitrogen and oxygen atoms in total. The summed E-state index contributed by atoms with van der Waals surface area (Å²) < 4.78 is 1.85. The summed E-state index contributed by atoms with van der Waals surface area (Å²) >= 11 is 5.99. The molecule has 0 saturated carbocycles. The molecule has 0 bridgehead atoms. The number of nitrogens with one attached hydrogen (secondary N) is 2. The van der Waals surface area contributed by atoms with Crippen molar-refractivity contribution in [2.75, 3.05) is 0 Å². The Balaban J connectivity index is 1.43. The average molecular weight is 416 g/mol. The van der Waals surface area contributed by atoms with Crippen LogP contribution < -0.4 is 5.32 Å². The number of fused-ring (bicyclic) bond motifs is 2. The molecule has 0 atom stereocenters. The molecule has 0 saturated heterocycles. The summed E-state index contributed by atoms with van der Waals surface area (Å²) in [6.07, 6.45) is 1.65. The van der Waals surface area contributed by atoms with Gasteiger partial charge in [-0.1, -0.05) is 54.1 Å². The Morgan fingerprint density at radius 1 is 1.03 bits per heavy atom. The van der Waals surface area contributed by atoms with Crippen molar-refractivity contribution in [3.63, 3.8) is 0 Å². The molecule has 3 aromatic carbocycles. The van der Waals surface area contributed by atoms with Crippen molar-refractivity contribution < 1.29 is 4.79 Å². The number of aromatic amines is 1. The molecule has 148 valence electrons. The zero-order chi connectivity index (χ0) is 20.5. The Morgan fingerprint density at radius 3 is 2.73 bits per heavy atom. The van der Waals surface area contributed by atoms with Crippen molar-refractivity contribution in [2.45, 2.75) is 13.1 Å². The van der Waals surface area contributed by atoms with Gasteiger partial charge >= 0.3 is 0 Å². The van der Waals surface area contributed by atoms with E-state index in [4.69, 9.17) is 11.6 Å². The first kappa shape index (κ1) is 18.4. The number of aromatic nitrogens is 4. The molecule has 0 aliphatic heterocycles. The minimum atomic E-state index is -0.211. The van der Waals surface area contributed by atoms with E-state index >= 15 is 0 Å². The minimum absolute atomic E-state index is 0.211. The summed E-state index contributed by atoms with van der Waals surface area (Å²) in [5, 5.41) is 9.13. The normalized spacial score (nSPS) is 11.2. The Bertz CT molecular complexity index is 1350. The molecule has 0 radical (unpaired) electrons. The first-order valence-corrected chi connectivity index (χ1v) is 9.96. The maximum absolute atomic E-state index is 13.0. The van der Waals surface area contributed by atoms with Crippen LogP contribution in [-0.4, -0.2) is 25.7 Å². The van der Waals surface area contributed by atoms with Gasteiger partial charge < -0.3 is 10.3 Å². The number of imidazole rings is 1. The topological polar surface area (TPSA) is 75.6 Å². The van der Waals surface area contributed by atoms with Crippen molar-refractivity contribution in [3.8, 4) is 0 Å².